The largest absolute Gasteiger partial charge is 0.496 e. The minimum atomic E-state index is -0.634. The molecule has 6 heteroatoms. The lowest BCUT2D eigenvalue weighted by Crippen LogP contribution is -2.25. The van der Waals surface area contributed by atoms with Crippen LogP contribution in [0.1, 0.15) is 63.0 Å². The Morgan fingerprint density at radius 2 is 1.33 bits per heavy atom. The van der Waals surface area contributed by atoms with Gasteiger partial charge < -0.3 is 14.2 Å². The summed E-state index contributed by atoms with van der Waals surface area (Å²) in [6, 6.07) is 9.83. The summed E-state index contributed by atoms with van der Waals surface area (Å²) in [6.07, 6.45) is 3.09. The summed E-state index contributed by atoms with van der Waals surface area (Å²) >= 11 is 0. The number of ether oxygens (including phenoxy) is 3. The molecule has 0 bridgehead atoms. The molecular formula is C27H32O6. The normalized spacial score (nSPS) is 11.9. The maximum absolute atomic E-state index is 12.6. The Morgan fingerprint density at radius 3 is 1.85 bits per heavy atom. The van der Waals surface area contributed by atoms with E-state index in [0.717, 1.165) is 5.56 Å². The van der Waals surface area contributed by atoms with Crippen molar-refractivity contribution in [3.8, 4) is 17.2 Å². The molecule has 0 aliphatic carbocycles. The molecule has 0 saturated heterocycles. The fourth-order valence-corrected chi connectivity index (χ4v) is 2.57. The lowest BCUT2D eigenvalue weighted by Gasteiger charge is -2.18. The van der Waals surface area contributed by atoms with E-state index >= 15 is 0 Å². The summed E-state index contributed by atoms with van der Waals surface area (Å²) in [4.78, 5) is 36.8. The van der Waals surface area contributed by atoms with E-state index in [2.05, 4.69) is 0 Å². The van der Waals surface area contributed by atoms with Gasteiger partial charge in [-0.15, -0.1) is 0 Å². The number of methoxy groups -OCH3 is 1. The summed E-state index contributed by atoms with van der Waals surface area (Å²) in [7, 11) is 1.51. The summed E-state index contributed by atoms with van der Waals surface area (Å²) in [5.41, 5.74) is 0.619. The van der Waals surface area contributed by atoms with E-state index in [0.29, 0.717) is 28.4 Å². The van der Waals surface area contributed by atoms with Gasteiger partial charge in [0.05, 0.1) is 17.9 Å². The van der Waals surface area contributed by atoms with Crippen molar-refractivity contribution in [3.63, 3.8) is 0 Å². The van der Waals surface area contributed by atoms with Gasteiger partial charge in [0.15, 0.2) is 5.78 Å². The second-order valence-electron chi connectivity index (χ2n) is 9.86. The molecule has 6 nitrogen and oxygen atoms in total. The van der Waals surface area contributed by atoms with E-state index in [-0.39, 0.29) is 17.7 Å². The molecule has 0 radical (unpaired) electrons. The van der Waals surface area contributed by atoms with Gasteiger partial charge in [-0.05, 0) is 96.5 Å². The first kappa shape index (κ1) is 25.8. The molecule has 2 rings (SSSR count). The quantitative estimate of drug-likeness (QED) is 0.238. The standard InChI is InChI=1S/C27H32O6/c1-17-15-19(23(31-8)16-22(17)33-25(30)27(5,6)7)11-14-21(28)18-9-12-20(13-10-18)32-24(29)26(2,3)4/h9-16H,1-8H3/b14-11+. The average Bonchev–Trinajstić information content (AvgIpc) is 2.72. The van der Waals surface area contributed by atoms with Crippen LogP contribution in [0.4, 0.5) is 0 Å². The van der Waals surface area contributed by atoms with Crippen molar-refractivity contribution in [2.45, 2.75) is 48.5 Å². The van der Waals surface area contributed by atoms with E-state index in [1.807, 2.05) is 6.92 Å². The summed E-state index contributed by atoms with van der Waals surface area (Å²) < 4.78 is 16.3. The Bertz CT molecular complexity index is 1060. The molecule has 0 heterocycles. The van der Waals surface area contributed by atoms with E-state index in [1.54, 1.807) is 84.0 Å². The van der Waals surface area contributed by atoms with Gasteiger partial charge in [-0.1, -0.05) is 0 Å². The second-order valence-corrected chi connectivity index (χ2v) is 9.86. The molecule has 0 aliphatic heterocycles. The van der Waals surface area contributed by atoms with Crippen molar-refractivity contribution in [2.24, 2.45) is 10.8 Å². The van der Waals surface area contributed by atoms with Gasteiger partial charge in [-0.3, -0.25) is 14.4 Å². The number of aryl methyl sites for hydroxylation is 1. The highest BCUT2D eigenvalue weighted by atomic mass is 16.5. The monoisotopic (exact) mass is 452 g/mol. The third-order valence-corrected chi connectivity index (χ3v) is 4.72. The van der Waals surface area contributed by atoms with Crippen molar-refractivity contribution in [3.05, 3.63) is 59.2 Å². The molecule has 0 amide bonds. The minimum Gasteiger partial charge on any atom is -0.496 e. The lowest BCUT2D eigenvalue weighted by atomic mass is 9.97. The Balaban J connectivity index is 2.18. The van der Waals surface area contributed by atoms with Crippen molar-refractivity contribution >= 4 is 23.8 Å². The molecule has 2 aromatic rings. The first-order chi connectivity index (χ1) is 15.2. The predicted molar refractivity (Wildman–Crippen MR) is 128 cm³/mol. The van der Waals surface area contributed by atoms with Crippen LogP contribution in [0.25, 0.3) is 6.08 Å². The van der Waals surface area contributed by atoms with Gasteiger partial charge in [0.25, 0.3) is 0 Å². The van der Waals surface area contributed by atoms with Gasteiger partial charge in [-0.25, -0.2) is 0 Å². The van der Waals surface area contributed by atoms with Crippen LogP contribution in [-0.4, -0.2) is 24.8 Å². The Labute approximate surface area is 195 Å². The van der Waals surface area contributed by atoms with Crippen LogP contribution in [0.3, 0.4) is 0 Å². The molecule has 0 spiro atoms. The summed E-state index contributed by atoms with van der Waals surface area (Å²) in [5, 5.41) is 0. The van der Waals surface area contributed by atoms with Gasteiger partial charge in [-0.2, -0.15) is 0 Å². The number of carbonyl (C=O) groups is 3. The van der Waals surface area contributed by atoms with Crippen LogP contribution >= 0.6 is 0 Å². The SMILES string of the molecule is COc1cc(OC(=O)C(C)(C)C)c(C)cc1/C=C/C(=O)c1ccc(OC(=O)C(C)(C)C)cc1. The molecule has 2 aromatic carbocycles. The Morgan fingerprint density at radius 1 is 0.788 bits per heavy atom. The molecule has 0 aromatic heterocycles. The maximum atomic E-state index is 12.6. The number of hydrogen-bond donors (Lipinski definition) is 0. The van der Waals surface area contributed by atoms with Crippen molar-refractivity contribution in [2.75, 3.05) is 7.11 Å². The molecule has 0 unspecified atom stereocenters. The second kappa shape index (κ2) is 10.0. The van der Waals surface area contributed by atoms with Crippen LogP contribution in [-0.2, 0) is 9.59 Å². The number of benzene rings is 2. The molecule has 0 fully saturated rings. The van der Waals surface area contributed by atoms with Crippen molar-refractivity contribution in [1.29, 1.82) is 0 Å². The van der Waals surface area contributed by atoms with Gasteiger partial charge in [0.1, 0.15) is 17.2 Å². The molecule has 0 saturated carbocycles. The third kappa shape index (κ3) is 7.04. The highest BCUT2D eigenvalue weighted by Gasteiger charge is 2.25. The molecule has 33 heavy (non-hydrogen) atoms. The van der Waals surface area contributed by atoms with Crippen LogP contribution in [0.5, 0.6) is 17.2 Å². The number of allylic oxidation sites excluding steroid dienone is 1. The zero-order valence-corrected chi connectivity index (χ0v) is 20.6. The van der Waals surface area contributed by atoms with Gasteiger partial charge in [0.2, 0.25) is 0 Å². The molecular weight excluding hydrogens is 420 g/mol. The smallest absolute Gasteiger partial charge is 0.316 e. The average molecular weight is 453 g/mol. The van der Waals surface area contributed by atoms with Crippen LogP contribution in [0, 0.1) is 17.8 Å². The topological polar surface area (TPSA) is 78.9 Å². The van der Waals surface area contributed by atoms with E-state index < -0.39 is 10.8 Å². The van der Waals surface area contributed by atoms with Gasteiger partial charge in [0, 0.05) is 17.2 Å². The van der Waals surface area contributed by atoms with Crippen molar-refractivity contribution < 1.29 is 28.6 Å². The first-order valence-electron chi connectivity index (χ1n) is 10.7. The van der Waals surface area contributed by atoms with E-state index in [4.69, 9.17) is 14.2 Å². The van der Waals surface area contributed by atoms with Crippen LogP contribution in [0.15, 0.2) is 42.5 Å². The number of rotatable bonds is 6. The fraction of sp³-hybridized carbons (Fsp3) is 0.370. The zero-order valence-electron chi connectivity index (χ0n) is 20.6. The van der Waals surface area contributed by atoms with Crippen molar-refractivity contribution in [1.82, 2.24) is 0 Å². The highest BCUT2D eigenvalue weighted by Crippen LogP contribution is 2.31. The number of hydrogen-bond acceptors (Lipinski definition) is 6. The van der Waals surface area contributed by atoms with Gasteiger partial charge >= 0.3 is 11.9 Å². The minimum absolute atomic E-state index is 0.216. The van der Waals surface area contributed by atoms with Crippen LogP contribution in [0.2, 0.25) is 0 Å². The zero-order chi connectivity index (χ0) is 25.0. The molecule has 176 valence electrons. The third-order valence-electron chi connectivity index (χ3n) is 4.72. The lowest BCUT2D eigenvalue weighted by molar-refractivity contribution is -0.143. The van der Waals surface area contributed by atoms with E-state index in [1.165, 1.54) is 13.2 Å². The summed E-state index contributed by atoms with van der Waals surface area (Å²) in [6.45, 7) is 12.5. The van der Waals surface area contributed by atoms with Crippen LogP contribution < -0.4 is 14.2 Å². The number of carbonyl (C=O) groups excluding carboxylic acids is 3. The number of ketones is 1. The maximum Gasteiger partial charge on any atom is 0.316 e. The Kier molecular flexibility index (Phi) is 7.85. The van der Waals surface area contributed by atoms with E-state index in [9.17, 15) is 14.4 Å². The fourth-order valence-electron chi connectivity index (χ4n) is 2.57. The molecule has 0 N–H and O–H groups in total. The molecule has 0 aliphatic rings. The molecule has 0 atom stereocenters. The Hall–Kier alpha value is -3.41. The highest BCUT2D eigenvalue weighted by molar-refractivity contribution is 6.07. The predicted octanol–water partition coefficient (Wildman–Crippen LogP) is 5.80. The number of esters is 2. The summed E-state index contributed by atoms with van der Waals surface area (Å²) in [5.74, 6) is 0.365. The first-order valence-corrected chi connectivity index (χ1v) is 10.7.